The minimum atomic E-state index is -0.0641. The zero-order valence-corrected chi connectivity index (χ0v) is 14.1. The predicted molar refractivity (Wildman–Crippen MR) is 95.6 cm³/mol. The summed E-state index contributed by atoms with van der Waals surface area (Å²) in [5.74, 6) is 1.15. The Bertz CT molecular complexity index is 847. The number of anilines is 1. The zero-order chi connectivity index (χ0) is 17.1. The van der Waals surface area contributed by atoms with Crippen LogP contribution in [0.5, 0.6) is 5.75 Å². The molecule has 0 aliphatic heterocycles. The molecule has 3 aromatic rings. The van der Waals surface area contributed by atoms with E-state index in [4.69, 9.17) is 9.15 Å². The maximum absolute atomic E-state index is 12.3. The van der Waals surface area contributed by atoms with Gasteiger partial charge in [-0.3, -0.25) is 4.79 Å². The molecule has 3 rings (SSSR count). The fourth-order valence-corrected chi connectivity index (χ4v) is 2.66. The summed E-state index contributed by atoms with van der Waals surface area (Å²) in [5.41, 5.74) is 3.64. The van der Waals surface area contributed by atoms with Gasteiger partial charge >= 0.3 is 0 Å². The summed E-state index contributed by atoms with van der Waals surface area (Å²) in [5, 5.41) is 3.86. The molecule has 24 heavy (non-hydrogen) atoms. The highest BCUT2D eigenvalue weighted by atomic mass is 16.5. The number of carbonyl (C=O) groups is 1. The van der Waals surface area contributed by atoms with Crippen molar-refractivity contribution in [3.63, 3.8) is 0 Å². The molecule has 124 valence electrons. The molecule has 0 aliphatic rings. The van der Waals surface area contributed by atoms with Gasteiger partial charge in [-0.05, 0) is 35.7 Å². The highest BCUT2D eigenvalue weighted by molar-refractivity contribution is 5.95. The minimum absolute atomic E-state index is 0.0641. The molecular weight excluding hydrogens is 302 g/mol. The fraction of sp³-hybridized carbons (Fsp3) is 0.250. The lowest BCUT2D eigenvalue weighted by Crippen LogP contribution is -2.14. The summed E-state index contributed by atoms with van der Waals surface area (Å²) < 4.78 is 10.7. The fourth-order valence-electron chi connectivity index (χ4n) is 2.66. The lowest BCUT2D eigenvalue weighted by Gasteiger charge is -2.08. The van der Waals surface area contributed by atoms with Crippen molar-refractivity contribution in [2.24, 2.45) is 0 Å². The van der Waals surface area contributed by atoms with Crippen molar-refractivity contribution in [1.82, 2.24) is 0 Å². The number of hydrogen-bond donors (Lipinski definition) is 1. The Hall–Kier alpha value is -2.75. The van der Waals surface area contributed by atoms with Crippen molar-refractivity contribution in [2.75, 3.05) is 12.4 Å². The molecular formula is C20H21NO3. The van der Waals surface area contributed by atoms with Gasteiger partial charge in [0.25, 0.3) is 0 Å². The lowest BCUT2D eigenvalue weighted by molar-refractivity contribution is -0.115. The van der Waals surface area contributed by atoms with E-state index in [1.807, 2.05) is 42.5 Å². The van der Waals surface area contributed by atoms with Gasteiger partial charge in [0.15, 0.2) is 0 Å². The Morgan fingerprint density at radius 2 is 1.92 bits per heavy atom. The van der Waals surface area contributed by atoms with Gasteiger partial charge in [-0.1, -0.05) is 26.0 Å². The summed E-state index contributed by atoms with van der Waals surface area (Å²) in [4.78, 5) is 12.3. The number of nitrogens with one attached hydrogen (secondary N) is 1. The second-order valence-corrected chi connectivity index (χ2v) is 6.12. The maximum atomic E-state index is 12.3. The van der Waals surface area contributed by atoms with Crippen LogP contribution in [0.1, 0.15) is 30.9 Å². The van der Waals surface area contributed by atoms with Gasteiger partial charge in [0.05, 0.1) is 19.8 Å². The Morgan fingerprint density at radius 1 is 1.17 bits per heavy atom. The first-order valence-electron chi connectivity index (χ1n) is 8.00. The highest BCUT2D eigenvalue weighted by Gasteiger charge is 2.11. The molecule has 4 heteroatoms. The second kappa shape index (κ2) is 6.79. The third kappa shape index (κ3) is 3.43. The Morgan fingerprint density at radius 3 is 2.58 bits per heavy atom. The summed E-state index contributed by atoms with van der Waals surface area (Å²) in [6.45, 7) is 4.29. The molecule has 1 heterocycles. The van der Waals surface area contributed by atoms with Gasteiger partial charge in [0.1, 0.15) is 11.3 Å². The van der Waals surface area contributed by atoms with E-state index in [1.54, 1.807) is 13.4 Å². The van der Waals surface area contributed by atoms with E-state index >= 15 is 0 Å². The minimum Gasteiger partial charge on any atom is -0.497 e. The molecule has 1 aromatic heterocycles. The van der Waals surface area contributed by atoms with Gasteiger partial charge in [0.2, 0.25) is 5.91 Å². The van der Waals surface area contributed by atoms with E-state index in [9.17, 15) is 4.79 Å². The van der Waals surface area contributed by atoms with Crippen molar-refractivity contribution in [3.8, 4) is 5.75 Å². The van der Waals surface area contributed by atoms with Crippen molar-refractivity contribution in [1.29, 1.82) is 0 Å². The maximum Gasteiger partial charge on any atom is 0.228 e. The monoisotopic (exact) mass is 323 g/mol. The van der Waals surface area contributed by atoms with E-state index in [-0.39, 0.29) is 12.3 Å². The standard InChI is InChI=1S/C20H21NO3/c1-13(2)14-4-6-16(7-5-14)21-20(22)10-15-12-24-19-11-17(23-3)8-9-18(15)19/h4-9,11-13H,10H2,1-3H3,(H,21,22). The Kier molecular flexibility index (Phi) is 4.56. The molecule has 0 aliphatic carbocycles. The number of carbonyl (C=O) groups excluding carboxylic acids is 1. The highest BCUT2D eigenvalue weighted by Crippen LogP contribution is 2.26. The molecule has 0 saturated heterocycles. The summed E-state index contributed by atoms with van der Waals surface area (Å²) in [7, 11) is 1.61. The van der Waals surface area contributed by atoms with Crippen LogP contribution in [0, 0.1) is 0 Å². The molecule has 0 saturated carbocycles. The first-order valence-corrected chi connectivity index (χ1v) is 8.00. The molecule has 0 bridgehead atoms. The van der Waals surface area contributed by atoms with Crippen LogP contribution in [-0.2, 0) is 11.2 Å². The SMILES string of the molecule is COc1ccc2c(CC(=O)Nc3ccc(C(C)C)cc3)coc2c1. The average molecular weight is 323 g/mol. The van der Waals surface area contributed by atoms with Crippen LogP contribution >= 0.6 is 0 Å². The van der Waals surface area contributed by atoms with Crippen LogP contribution in [0.3, 0.4) is 0 Å². The van der Waals surface area contributed by atoms with Crippen molar-refractivity contribution in [2.45, 2.75) is 26.2 Å². The van der Waals surface area contributed by atoms with Gasteiger partial charge in [-0.25, -0.2) is 0 Å². The molecule has 0 radical (unpaired) electrons. The number of fused-ring (bicyclic) bond motifs is 1. The molecule has 1 N–H and O–H groups in total. The molecule has 0 unspecified atom stereocenters. The van der Waals surface area contributed by atoms with Crippen molar-refractivity contribution >= 4 is 22.6 Å². The quantitative estimate of drug-likeness (QED) is 0.737. The summed E-state index contributed by atoms with van der Waals surface area (Å²) in [6.07, 6.45) is 1.90. The van der Waals surface area contributed by atoms with Gasteiger partial charge in [-0.2, -0.15) is 0 Å². The number of methoxy groups -OCH3 is 1. The Labute approximate surface area is 141 Å². The van der Waals surface area contributed by atoms with Crippen molar-refractivity contribution < 1.29 is 13.9 Å². The first-order chi connectivity index (χ1) is 11.6. The summed E-state index contributed by atoms with van der Waals surface area (Å²) >= 11 is 0. The molecule has 2 aromatic carbocycles. The largest absolute Gasteiger partial charge is 0.497 e. The number of ether oxygens (including phenoxy) is 1. The molecule has 0 atom stereocenters. The normalized spacial score (nSPS) is 11.0. The van der Waals surface area contributed by atoms with Gasteiger partial charge in [-0.15, -0.1) is 0 Å². The van der Waals surface area contributed by atoms with E-state index < -0.39 is 0 Å². The van der Waals surface area contributed by atoms with E-state index in [0.717, 1.165) is 28.0 Å². The van der Waals surface area contributed by atoms with E-state index in [0.29, 0.717) is 5.92 Å². The molecule has 0 spiro atoms. The number of hydrogen-bond acceptors (Lipinski definition) is 3. The van der Waals surface area contributed by atoms with Crippen LogP contribution in [0.2, 0.25) is 0 Å². The molecule has 4 nitrogen and oxygen atoms in total. The van der Waals surface area contributed by atoms with Crippen LogP contribution in [-0.4, -0.2) is 13.0 Å². The first kappa shape index (κ1) is 16.1. The second-order valence-electron chi connectivity index (χ2n) is 6.12. The average Bonchev–Trinajstić information content (AvgIpc) is 2.97. The third-order valence-corrected chi connectivity index (χ3v) is 4.07. The smallest absolute Gasteiger partial charge is 0.228 e. The summed E-state index contributed by atoms with van der Waals surface area (Å²) in [6, 6.07) is 13.6. The molecule has 0 fully saturated rings. The van der Waals surface area contributed by atoms with Crippen LogP contribution < -0.4 is 10.1 Å². The number of furan rings is 1. The van der Waals surface area contributed by atoms with Crippen LogP contribution in [0.4, 0.5) is 5.69 Å². The van der Waals surface area contributed by atoms with E-state index in [1.165, 1.54) is 5.56 Å². The van der Waals surface area contributed by atoms with Crippen molar-refractivity contribution in [3.05, 3.63) is 59.9 Å². The van der Waals surface area contributed by atoms with Crippen LogP contribution in [0.25, 0.3) is 11.0 Å². The number of rotatable bonds is 5. The zero-order valence-electron chi connectivity index (χ0n) is 14.1. The topological polar surface area (TPSA) is 51.5 Å². The van der Waals surface area contributed by atoms with Gasteiger partial charge in [0, 0.05) is 22.7 Å². The van der Waals surface area contributed by atoms with E-state index in [2.05, 4.69) is 19.2 Å². The number of benzene rings is 2. The predicted octanol–water partition coefficient (Wildman–Crippen LogP) is 4.75. The Balaban J connectivity index is 1.70. The number of amides is 1. The van der Waals surface area contributed by atoms with Gasteiger partial charge < -0.3 is 14.5 Å². The van der Waals surface area contributed by atoms with Crippen LogP contribution in [0.15, 0.2) is 53.1 Å². The molecule has 1 amide bonds. The third-order valence-electron chi connectivity index (χ3n) is 4.07. The lowest BCUT2D eigenvalue weighted by atomic mass is 10.0.